The second-order valence-electron chi connectivity index (χ2n) is 4.45. The molecule has 0 aliphatic carbocycles. The summed E-state index contributed by atoms with van der Waals surface area (Å²) < 4.78 is 26.2. The van der Waals surface area contributed by atoms with E-state index >= 15 is 0 Å². The van der Waals surface area contributed by atoms with E-state index in [1.54, 1.807) is 12.1 Å². The summed E-state index contributed by atoms with van der Waals surface area (Å²) >= 11 is 0. The zero-order valence-electron chi connectivity index (χ0n) is 10.1. The lowest BCUT2D eigenvalue weighted by atomic mass is 10.1. The molecule has 1 nitrogen and oxygen atoms in total. The molecule has 1 rings (SSSR count). The summed E-state index contributed by atoms with van der Waals surface area (Å²) in [4.78, 5) is 0. The molecule has 0 saturated heterocycles. The number of hydrogen-bond donors (Lipinski definition) is 1. The predicted molar refractivity (Wildman–Crippen MR) is 62.4 cm³/mol. The smallest absolute Gasteiger partial charge is 0.162 e. The molecule has 1 N–H and O–H groups in total. The van der Waals surface area contributed by atoms with Gasteiger partial charge in [-0.25, -0.2) is 8.78 Å². The maximum absolute atomic E-state index is 13.3. The van der Waals surface area contributed by atoms with E-state index in [9.17, 15) is 8.78 Å². The van der Waals surface area contributed by atoms with Crippen LogP contribution in [-0.4, -0.2) is 12.6 Å². The van der Waals surface area contributed by atoms with Crippen molar-refractivity contribution < 1.29 is 8.78 Å². The average molecular weight is 227 g/mol. The van der Waals surface area contributed by atoms with Gasteiger partial charge in [-0.1, -0.05) is 26.0 Å². The van der Waals surface area contributed by atoms with Gasteiger partial charge in [0.2, 0.25) is 0 Å². The fourth-order valence-electron chi connectivity index (χ4n) is 1.41. The van der Waals surface area contributed by atoms with E-state index < -0.39 is 11.6 Å². The van der Waals surface area contributed by atoms with Crippen molar-refractivity contribution in [2.24, 2.45) is 5.92 Å². The van der Waals surface area contributed by atoms with Gasteiger partial charge in [-0.2, -0.15) is 0 Å². The van der Waals surface area contributed by atoms with Crippen LogP contribution in [0.5, 0.6) is 0 Å². The van der Waals surface area contributed by atoms with Crippen LogP contribution in [0.25, 0.3) is 0 Å². The van der Waals surface area contributed by atoms with Crippen molar-refractivity contribution in [3.05, 3.63) is 35.4 Å². The lowest BCUT2D eigenvalue weighted by Crippen LogP contribution is -2.32. The molecular formula is C13H19F2N. The zero-order chi connectivity index (χ0) is 12.1. The average Bonchev–Trinajstić information content (AvgIpc) is 2.24. The monoisotopic (exact) mass is 227 g/mol. The minimum atomic E-state index is -0.769. The highest BCUT2D eigenvalue weighted by molar-refractivity contribution is 5.19. The van der Waals surface area contributed by atoms with Gasteiger partial charge >= 0.3 is 0 Å². The molecule has 1 aromatic rings. The summed E-state index contributed by atoms with van der Waals surface area (Å²) in [5, 5.41) is 3.29. The first kappa shape index (κ1) is 13.1. The van der Waals surface area contributed by atoms with E-state index in [4.69, 9.17) is 0 Å². The largest absolute Gasteiger partial charge is 0.314 e. The van der Waals surface area contributed by atoms with E-state index in [2.05, 4.69) is 26.1 Å². The molecule has 1 unspecified atom stereocenters. The van der Waals surface area contributed by atoms with Crippen LogP contribution in [0.15, 0.2) is 18.2 Å². The first-order chi connectivity index (χ1) is 7.52. The summed E-state index contributed by atoms with van der Waals surface area (Å²) in [6.07, 6.45) is 0.515. The Bertz CT molecular complexity index is 337. The zero-order valence-corrected chi connectivity index (χ0v) is 10.1. The highest BCUT2D eigenvalue weighted by Crippen LogP contribution is 2.11. The second kappa shape index (κ2) is 5.94. The van der Waals surface area contributed by atoms with Crippen LogP contribution in [-0.2, 0) is 6.42 Å². The second-order valence-corrected chi connectivity index (χ2v) is 4.45. The summed E-state index contributed by atoms with van der Waals surface area (Å²) in [5.74, 6) is -0.951. The number of benzene rings is 1. The number of halogens is 2. The fourth-order valence-corrected chi connectivity index (χ4v) is 1.41. The van der Waals surface area contributed by atoms with E-state index in [1.807, 2.05) is 0 Å². The first-order valence-corrected chi connectivity index (χ1v) is 5.68. The molecule has 0 aliphatic rings. The van der Waals surface area contributed by atoms with Crippen molar-refractivity contribution in [2.75, 3.05) is 6.54 Å². The van der Waals surface area contributed by atoms with Gasteiger partial charge in [0.05, 0.1) is 0 Å². The Morgan fingerprint density at radius 2 is 1.88 bits per heavy atom. The van der Waals surface area contributed by atoms with Crippen LogP contribution in [0, 0.1) is 17.6 Å². The van der Waals surface area contributed by atoms with Gasteiger partial charge in [-0.15, -0.1) is 0 Å². The standard InChI is InChI=1S/C13H19F2N/c1-9(2)10(3)16-8-7-11-5-4-6-12(14)13(11)15/h4-6,9-10,16H,7-8H2,1-3H3. The van der Waals surface area contributed by atoms with E-state index in [-0.39, 0.29) is 0 Å². The normalized spacial score (nSPS) is 13.1. The van der Waals surface area contributed by atoms with Crippen LogP contribution in [0.4, 0.5) is 8.78 Å². The van der Waals surface area contributed by atoms with E-state index in [0.717, 1.165) is 6.07 Å². The number of nitrogens with one attached hydrogen (secondary N) is 1. The van der Waals surface area contributed by atoms with Crippen LogP contribution in [0.2, 0.25) is 0 Å². The molecule has 1 atom stereocenters. The van der Waals surface area contributed by atoms with Gasteiger partial charge in [0, 0.05) is 6.04 Å². The predicted octanol–water partition coefficient (Wildman–Crippen LogP) is 3.14. The summed E-state index contributed by atoms with van der Waals surface area (Å²) in [7, 11) is 0. The van der Waals surface area contributed by atoms with Gasteiger partial charge in [0.25, 0.3) is 0 Å². The Morgan fingerprint density at radius 1 is 1.19 bits per heavy atom. The third-order valence-corrected chi connectivity index (χ3v) is 2.89. The molecule has 0 radical (unpaired) electrons. The Labute approximate surface area is 95.9 Å². The number of hydrogen-bond acceptors (Lipinski definition) is 1. The highest BCUT2D eigenvalue weighted by Gasteiger charge is 2.09. The van der Waals surface area contributed by atoms with Crippen LogP contribution in [0.3, 0.4) is 0 Å². The molecule has 0 saturated carbocycles. The molecular weight excluding hydrogens is 208 g/mol. The number of rotatable bonds is 5. The minimum absolute atomic E-state index is 0.386. The van der Waals surface area contributed by atoms with Gasteiger partial charge in [-0.3, -0.25) is 0 Å². The van der Waals surface area contributed by atoms with Crippen molar-refractivity contribution in [1.29, 1.82) is 0 Å². The molecule has 1 aromatic carbocycles. The van der Waals surface area contributed by atoms with Crippen molar-refractivity contribution in [3.8, 4) is 0 Å². The molecule has 0 amide bonds. The maximum Gasteiger partial charge on any atom is 0.162 e. The van der Waals surface area contributed by atoms with Crippen LogP contribution in [0.1, 0.15) is 26.3 Å². The fraction of sp³-hybridized carbons (Fsp3) is 0.538. The quantitative estimate of drug-likeness (QED) is 0.814. The Morgan fingerprint density at radius 3 is 2.50 bits per heavy atom. The van der Waals surface area contributed by atoms with Crippen molar-refractivity contribution in [3.63, 3.8) is 0 Å². The van der Waals surface area contributed by atoms with E-state index in [1.165, 1.54) is 0 Å². The van der Waals surface area contributed by atoms with E-state index in [0.29, 0.717) is 30.5 Å². The van der Waals surface area contributed by atoms with Crippen LogP contribution < -0.4 is 5.32 Å². The van der Waals surface area contributed by atoms with Gasteiger partial charge < -0.3 is 5.32 Å². The van der Waals surface area contributed by atoms with Crippen molar-refractivity contribution >= 4 is 0 Å². The summed E-state index contributed by atoms with van der Waals surface area (Å²) in [6, 6.07) is 4.69. The SMILES string of the molecule is CC(C)C(C)NCCc1cccc(F)c1F. The molecule has 0 spiro atoms. The highest BCUT2D eigenvalue weighted by atomic mass is 19.2. The molecule has 16 heavy (non-hydrogen) atoms. The first-order valence-electron chi connectivity index (χ1n) is 5.68. The van der Waals surface area contributed by atoms with Gasteiger partial charge in [0.1, 0.15) is 0 Å². The third kappa shape index (κ3) is 3.56. The molecule has 0 aliphatic heterocycles. The minimum Gasteiger partial charge on any atom is -0.314 e. The van der Waals surface area contributed by atoms with Gasteiger partial charge in [0.15, 0.2) is 11.6 Å². The molecule has 0 heterocycles. The summed E-state index contributed by atoms with van der Waals surface area (Å²) in [5.41, 5.74) is 0.434. The molecule has 3 heteroatoms. The summed E-state index contributed by atoms with van der Waals surface area (Å²) in [6.45, 7) is 7.01. The third-order valence-electron chi connectivity index (χ3n) is 2.89. The van der Waals surface area contributed by atoms with Crippen molar-refractivity contribution in [1.82, 2.24) is 5.32 Å². The topological polar surface area (TPSA) is 12.0 Å². The van der Waals surface area contributed by atoms with Crippen LogP contribution >= 0.6 is 0 Å². The molecule has 90 valence electrons. The molecule has 0 aromatic heterocycles. The molecule has 0 fully saturated rings. The van der Waals surface area contributed by atoms with Crippen molar-refractivity contribution in [2.45, 2.75) is 33.2 Å². The Kier molecular flexibility index (Phi) is 4.87. The Hall–Kier alpha value is -0.960. The molecule has 0 bridgehead atoms. The lowest BCUT2D eigenvalue weighted by molar-refractivity contribution is 0.426. The van der Waals surface area contributed by atoms with Gasteiger partial charge in [-0.05, 0) is 37.4 Å². The lowest BCUT2D eigenvalue weighted by Gasteiger charge is -2.17. The Balaban J connectivity index is 2.46. The maximum atomic E-state index is 13.3.